The van der Waals surface area contributed by atoms with Gasteiger partial charge in [-0.15, -0.1) is 0 Å². The average Bonchev–Trinajstić information content (AvgIpc) is 2.57. The average molecular weight is 284 g/mol. The molecule has 3 heterocycles. The summed E-state index contributed by atoms with van der Waals surface area (Å²) in [5, 5.41) is 2.82. The third-order valence-corrected chi connectivity index (χ3v) is 3.28. The molecule has 0 aromatic carbocycles. The Bertz CT molecular complexity index is 595. The molecule has 1 saturated heterocycles. The van der Waals surface area contributed by atoms with Crippen LogP contribution < -0.4 is 10.2 Å². The van der Waals surface area contributed by atoms with Gasteiger partial charge in [-0.05, 0) is 24.3 Å². The molecule has 21 heavy (non-hydrogen) atoms. The number of amides is 1. The summed E-state index contributed by atoms with van der Waals surface area (Å²) in [5.74, 6) is 0.735. The molecule has 108 valence electrons. The first-order chi connectivity index (χ1) is 10.3. The summed E-state index contributed by atoms with van der Waals surface area (Å²) in [6, 6.07) is 7.11. The van der Waals surface area contributed by atoms with Gasteiger partial charge >= 0.3 is 0 Å². The van der Waals surface area contributed by atoms with Crippen molar-refractivity contribution in [1.82, 2.24) is 9.97 Å². The molecule has 0 spiro atoms. The first kappa shape index (κ1) is 13.5. The van der Waals surface area contributed by atoms with Crippen molar-refractivity contribution in [3.63, 3.8) is 0 Å². The van der Waals surface area contributed by atoms with Crippen molar-refractivity contribution in [1.29, 1.82) is 0 Å². The molecule has 1 aliphatic rings. The zero-order valence-electron chi connectivity index (χ0n) is 11.5. The number of hydrogen-bond donors (Lipinski definition) is 1. The molecule has 0 saturated carbocycles. The van der Waals surface area contributed by atoms with Crippen molar-refractivity contribution in [2.45, 2.75) is 0 Å². The number of rotatable bonds is 3. The van der Waals surface area contributed by atoms with Gasteiger partial charge in [0.15, 0.2) is 0 Å². The summed E-state index contributed by atoms with van der Waals surface area (Å²) in [6.07, 6.45) is 4.85. The maximum absolute atomic E-state index is 12.0. The van der Waals surface area contributed by atoms with Crippen LogP contribution in [0.25, 0.3) is 0 Å². The maximum atomic E-state index is 12.0. The Hall–Kier alpha value is -2.47. The van der Waals surface area contributed by atoms with E-state index in [9.17, 15) is 4.79 Å². The Morgan fingerprint density at radius 2 is 1.90 bits per heavy atom. The fraction of sp³-hybridized carbons (Fsp3) is 0.267. The molecule has 0 radical (unpaired) electrons. The van der Waals surface area contributed by atoms with E-state index in [-0.39, 0.29) is 5.91 Å². The number of ether oxygens (including phenoxy) is 1. The molecule has 1 aliphatic heterocycles. The molecule has 6 nitrogen and oxygen atoms in total. The van der Waals surface area contributed by atoms with Crippen LogP contribution in [0.4, 0.5) is 11.5 Å². The van der Waals surface area contributed by atoms with Gasteiger partial charge in [-0.2, -0.15) is 0 Å². The van der Waals surface area contributed by atoms with Gasteiger partial charge in [0, 0.05) is 31.0 Å². The van der Waals surface area contributed by atoms with Crippen LogP contribution in [-0.2, 0) is 4.74 Å². The van der Waals surface area contributed by atoms with Crippen molar-refractivity contribution < 1.29 is 9.53 Å². The lowest BCUT2D eigenvalue weighted by Gasteiger charge is -2.27. The van der Waals surface area contributed by atoms with Crippen LogP contribution in [0.15, 0.2) is 42.9 Å². The highest BCUT2D eigenvalue weighted by Gasteiger charge is 2.12. The first-order valence-corrected chi connectivity index (χ1v) is 6.83. The predicted octanol–water partition coefficient (Wildman–Crippen LogP) is 1.57. The van der Waals surface area contributed by atoms with Gasteiger partial charge in [-0.3, -0.25) is 9.78 Å². The molecular weight excluding hydrogens is 268 g/mol. The second-order valence-corrected chi connectivity index (χ2v) is 4.69. The Balaban J connectivity index is 1.65. The number of nitrogens with one attached hydrogen (secondary N) is 1. The molecule has 2 aromatic heterocycles. The summed E-state index contributed by atoms with van der Waals surface area (Å²) in [6.45, 7) is 3.13. The lowest BCUT2D eigenvalue weighted by molar-refractivity contribution is 0.102. The fourth-order valence-electron chi connectivity index (χ4n) is 2.15. The van der Waals surface area contributed by atoms with E-state index in [0.29, 0.717) is 11.3 Å². The van der Waals surface area contributed by atoms with E-state index in [2.05, 4.69) is 20.2 Å². The summed E-state index contributed by atoms with van der Waals surface area (Å²) < 4.78 is 5.31. The highest BCUT2D eigenvalue weighted by atomic mass is 16.5. The molecule has 0 aliphatic carbocycles. The van der Waals surface area contributed by atoms with E-state index in [1.807, 2.05) is 12.1 Å². The number of anilines is 2. The molecule has 2 aromatic rings. The van der Waals surface area contributed by atoms with Gasteiger partial charge < -0.3 is 15.0 Å². The van der Waals surface area contributed by atoms with E-state index in [4.69, 9.17) is 4.74 Å². The standard InChI is InChI=1S/C15H16N4O2/c20-15(12-3-5-16-6-4-12)18-13-1-2-14(17-11-13)19-7-9-21-10-8-19/h1-6,11H,7-10H2,(H,18,20). The quantitative estimate of drug-likeness (QED) is 0.926. The number of carbonyl (C=O) groups excluding carboxylic acids is 1. The number of morpholine rings is 1. The molecule has 1 fully saturated rings. The zero-order chi connectivity index (χ0) is 14.5. The zero-order valence-corrected chi connectivity index (χ0v) is 11.5. The van der Waals surface area contributed by atoms with Crippen LogP contribution >= 0.6 is 0 Å². The maximum Gasteiger partial charge on any atom is 0.255 e. The Labute approximate surface area is 122 Å². The Morgan fingerprint density at radius 1 is 1.14 bits per heavy atom. The lowest BCUT2D eigenvalue weighted by Crippen LogP contribution is -2.36. The Kier molecular flexibility index (Phi) is 4.07. The third-order valence-electron chi connectivity index (χ3n) is 3.28. The van der Waals surface area contributed by atoms with Crippen molar-refractivity contribution in [3.05, 3.63) is 48.4 Å². The first-order valence-electron chi connectivity index (χ1n) is 6.83. The van der Waals surface area contributed by atoms with Crippen molar-refractivity contribution >= 4 is 17.4 Å². The molecule has 3 rings (SSSR count). The smallest absolute Gasteiger partial charge is 0.255 e. The normalized spacial score (nSPS) is 14.8. The fourth-order valence-corrected chi connectivity index (χ4v) is 2.15. The summed E-state index contributed by atoms with van der Waals surface area (Å²) in [5.41, 5.74) is 1.25. The number of nitrogens with zero attached hydrogens (tertiary/aromatic N) is 3. The summed E-state index contributed by atoms with van der Waals surface area (Å²) >= 11 is 0. The van der Waals surface area contributed by atoms with Gasteiger partial charge in [0.25, 0.3) is 5.91 Å². The van der Waals surface area contributed by atoms with E-state index in [1.54, 1.807) is 30.7 Å². The molecule has 0 unspecified atom stereocenters. The second-order valence-electron chi connectivity index (χ2n) is 4.69. The van der Waals surface area contributed by atoms with Crippen LogP contribution in [-0.4, -0.2) is 42.2 Å². The van der Waals surface area contributed by atoms with Crippen molar-refractivity contribution in [3.8, 4) is 0 Å². The molecule has 0 atom stereocenters. The lowest BCUT2D eigenvalue weighted by atomic mass is 10.2. The third kappa shape index (κ3) is 3.35. The van der Waals surface area contributed by atoms with Gasteiger partial charge in [0.05, 0.1) is 25.1 Å². The van der Waals surface area contributed by atoms with E-state index in [1.165, 1.54) is 0 Å². The summed E-state index contributed by atoms with van der Waals surface area (Å²) in [4.78, 5) is 22.5. The molecule has 6 heteroatoms. The molecular formula is C15H16N4O2. The summed E-state index contributed by atoms with van der Waals surface area (Å²) in [7, 11) is 0. The highest BCUT2D eigenvalue weighted by Crippen LogP contribution is 2.16. The van der Waals surface area contributed by atoms with Crippen LogP contribution in [0.3, 0.4) is 0 Å². The van der Waals surface area contributed by atoms with E-state index < -0.39 is 0 Å². The molecule has 1 N–H and O–H groups in total. The SMILES string of the molecule is O=C(Nc1ccc(N2CCOCC2)nc1)c1ccncc1. The van der Waals surface area contributed by atoms with Gasteiger partial charge in [-0.1, -0.05) is 0 Å². The number of pyridine rings is 2. The topological polar surface area (TPSA) is 67.4 Å². The second kappa shape index (κ2) is 6.32. The van der Waals surface area contributed by atoms with Crippen molar-refractivity contribution in [2.24, 2.45) is 0 Å². The van der Waals surface area contributed by atoms with E-state index >= 15 is 0 Å². The minimum absolute atomic E-state index is 0.168. The minimum atomic E-state index is -0.168. The number of carbonyl (C=O) groups is 1. The number of hydrogen-bond acceptors (Lipinski definition) is 5. The Morgan fingerprint density at radius 3 is 2.57 bits per heavy atom. The largest absolute Gasteiger partial charge is 0.378 e. The predicted molar refractivity (Wildman–Crippen MR) is 79.5 cm³/mol. The van der Waals surface area contributed by atoms with Gasteiger partial charge in [0.2, 0.25) is 0 Å². The highest BCUT2D eigenvalue weighted by molar-refractivity contribution is 6.04. The van der Waals surface area contributed by atoms with Crippen molar-refractivity contribution in [2.75, 3.05) is 36.5 Å². The van der Waals surface area contributed by atoms with Gasteiger partial charge in [-0.25, -0.2) is 4.98 Å². The number of aromatic nitrogens is 2. The van der Waals surface area contributed by atoms with E-state index in [0.717, 1.165) is 32.1 Å². The monoisotopic (exact) mass is 284 g/mol. The van der Waals surface area contributed by atoms with Crippen LogP contribution in [0.1, 0.15) is 10.4 Å². The van der Waals surface area contributed by atoms with Crippen LogP contribution in [0.2, 0.25) is 0 Å². The van der Waals surface area contributed by atoms with Gasteiger partial charge in [0.1, 0.15) is 5.82 Å². The molecule has 0 bridgehead atoms. The van der Waals surface area contributed by atoms with Crippen LogP contribution in [0.5, 0.6) is 0 Å². The van der Waals surface area contributed by atoms with Crippen LogP contribution in [0, 0.1) is 0 Å². The minimum Gasteiger partial charge on any atom is -0.378 e. The molecule has 1 amide bonds.